The number of nitro benzene ring substituents is 1. The molecule has 3 aromatic carbocycles. The number of anilines is 1. The van der Waals surface area contributed by atoms with Crippen LogP contribution in [0.3, 0.4) is 0 Å². The maximum Gasteiger partial charge on any atom is 0.270 e. The van der Waals surface area contributed by atoms with Gasteiger partial charge in [0.1, 0.15) is 5.75 Å². The molecular weight excluding hydrogens is 394 g/mol. The second-order valence-electron chi connectivity index (χ2n) is 6.57. The molecule has 152 valence electrons. The molecule has 1 aromatic heterocycles. The molecule has 0 aliphatic heterocycles. The van der Waals surface area contributed by atoms with Gasteiger partial charge in [-0.15, -0.1) is 0 Å². The SMILES string of the molecule is O=[N+]([O-])c1cccc(/C=N\Nc2nc(-c3ccccc3)cc(-c3ccccc3O)n2)c1. The molecule has 0 spiro atoms. The van der Waals surface area contributed by atoms with Crippen molar-refractivity contribution in [2.45, 2.75) is 0 Å². The molecule has 0 bridgehead atoms. The molecule has 0 amide bonds. The lowest BCUT2D eigenvalue weighted by Crippen LogP contribution is -2.00. The van der Waals surface area contributed by atoms with Crippen LogP contribution in [0.15, 0.2) is 90.0 Å². The Morgan fingerprint density at radius 3 is 2.42 bits per heavy atom. The molecule has 0 saturated heterocycles. The van der Waals surface area contributed by atoms with Crippen LogP contribution in [0.25, 0.3) is 22.5 Å². The smallest absolute Gasteiger partial charge is 0.270 e. The van der Waals surface area contributed by atoms with Crippen LogP contribution >= 0.6 is 0 Å². The van der Waals surface area contributed by atoms with E-state index in [1.165, 1.54) is 18.3 Å². The number of hydrogen-bond donors (Lipinski definition) is 2. The minimum absolute atomic E-state index is 0.0203. The lowest BCUT2D eigenvalue weighted by Gasteiger charge is -2.09. The number of nitrogens with one attached hydrogen (secondary N) is 1. The van der Waals surface area contributed by atoms with Gasteiger partial charge in [0.2, 0.25) is 5.95 Å². The number of nitro groups is 1. The molecule has 8 heteroatoms. The van der Waals surface area contributed by atoms with Crippen molar-refractivity contribution in [3.8, 4) is 28.3 Å². The van der Waals surface area contributed by atoms with Crippen molar-refractivity contribution < 1.29 is 10.0 Å². The molecule has 1 heterocycles. The molecule has 0 unspecified atom stereocenters. The Bertz CT molecular complexity index is 1260. The third-order valence-electron chi connectivity index (χ3n) is 4.43. The number of benzene rings is 3. The van der Waals surface area contributed by atoms with Gasteiger partial charge in [0.25, 0.3) is 5.69 Å². The van der Waals surface area contributed by atoms with Crippen LogP contribution < -0.4 is 5.43 Å². The van der Waals surface area contributed by atoms with Crippen molar-refractivity contribution in [1.29, 1.82) is 0 Å². The molecule has 4 rings (SSSR count). The zero-order chi connectivity index (χ0) is 21.6. The number of rotatable bonds is 6. The quantitative estimate of drug-likeness (QED) is 0.266. The van der Waals surface area contributed by atoms with Gasteiger partial charge < -0.3 is 5.11 Å². The van der Waals surface area contributed by atoms with E-state index in [9.17, 15) is 15.2 Å². The van der Waals surface area contributed by atoms with E-state index in [2.05, 4.69) is 20.5 Å². The molecular formula is C23H17N5O3. The normalized spacial score (nSPS) is 10.8. The van der Waals surface area contributed by atoms with Crippen LogP contribution in [0.5, 0.6) is 5.75 Å². The molecule has 0 aliphatic rings. The van der Waals surface area contributed by atoms with Gasteiger partial charge >= 0.3 is 0 Å². The van der Waals surface area contributed by atoms with Crippen LogP contribution in [0, 0.1) is 10.1 Å². The largest absolute Gasteiger partial charge is 0.507 e. The molecule has 0 saturated carbocycles. The van der Waals surface area contributed by atoms with Crippen LogP contribution in [0.2, 0.25) is 0 Å². The second kappa shape index (κ2) is 8.83. The summed E-state index contributed by atoms with van der Waals surface area (Å²) in [5, 5.41) is 25.3. The molecule has 2 N–H and O–H groups in total. The van der Waals surface area contributed by atoms with Crippen molar-refractivity contribution in [1.82, 2.24) is 9.97 Å². The molecule has 31 heavy (non-hydrogen) atoms. The number of nitrogens with zero attached hydrogens (tertiary/aromatic N) is 4. The first-order valence-corrected chi connectivity index (χ1v) is 9.36. The van der Waals surface area contributed by atoms with Gasteiger partial charge in [0, 0.05) is 28.8 Å². The van der Waals surface area contributed by atoms with E-state index in [0.717, 1.165) is 5.56 Å². The van der Waals surface area contributed by atoms with Crippen molar-refractivity contribution in [2.24, 2.45) is 5.10 Å². The van der Waals surface area contributed by atoms with Gasteiger partial charge in [-0.1, -0.05) is 54.6 Å². The van der Waals surface area contributed by atoms with E-state index in [-0.39, 0.29) is 17.4 Å². The number of hydrogen-bond acceptors (Lipinski definition) is 7. The first-order valence-electron chi connectivity index (χ1n) is 9.36. The maximum absolute atomic E-state index is 10.9. The third kappa shape index (κ3) is 4.70. The minimum atomic E-state index is -0.462. The zero-order valence-corrected chi connectivity index (χ0v) is 16.2. The number of para-hydroxylation sites is 1. The summed E-state index contributed by atoms with van der Waals surface area (Å²) < 4.78 is 0. The zero-order valence-electron chi connectivity index (χ0n) is 16.2. The Kier molecular flexibility index (Phi) is 5.62. The van der Waals surface area contributed by atoms with Gasteiger partial charge in [-0.3, -0.25) is 10.1 Å². The highest BCUT2D eigenvalue weighted by Crippen LogP contribution is 2.30. The Balaban J connectivity index is 1.68. The fourth-order valence-electron chi connectivity index (χ4n) is 2.97. The Hall–Kier alpha value is -4.59. The van der Waals surface area contributed by atoms with E-state index in [4.69, 9.17) is 0 Å². The Labute approximate surface area is 177 Å². The molecule has 0 radical (unpaired) electrons. The summed E-state index contributed by atoms with van der Waals surface area (Å²) in [6.45, 7) is 0. The summed E-state index contributed by atoms with van der Waals surface area (Å²) >= 11 is 0. The number of phenols is 1. The second-order valence-corrected chi connectivity index (χ2v) is 6.57. The third-order valence-corrected chi connectivity index (χ3v) is 4.43. The van der Waals surface area contributed by atoms with Gasteiger partial charge in [0.15, 0.2) is 0 Å². The predicted molar refractivity (Wildman–Crippen MR) is 119 cm³/mol. The van der Waals surface area contributed by atoms with Crippen molar-refractivity contribution in [2.75, 3.05) is 5.43 Å². The Morgan fingerprint density at radius 1 is 0.903 bits per heavy atom. The highest BCUT2D eigenvalue weighted by Gasteiger charge is 2.11. The molecule has 0 atom stereocenters. The average molecular weight is 411 g/mol. The number of aromatic nitrogens is 2. The monoisotopic (exact) mass is 411 g/mol. The fraction of sp³-hybridized carbons (Fsp3) is 0. The van der Waals surface area contributed by atoms with Gasteiger partial charge in [-0.2, -0.15) is 5.10 Å². The number of non-ortho nitro benzene ring substituents is 1. The summed E-state index contributed by atoms with van der Waals surface area (Å²) in [6.07, 6.45) is 1.45. The summed E-state index contributed by atoms with van der Waals surface area (Å²) in [7, 11) is 0. The van der Waals surface area contributed by atoms with Crippen LogP contribution in [0.4, 0.5) is 11.6 Å². The van der Waals surface area contributed by atoms with E-state index in [1.807, 2.05) is 36.4 Å². The molecule has 0 fully saturated rings. The topological polar surface area (TPSA) is 114 Å². The van der Waals surface area contributed by atoms with E-state index >= 15 is 0 Å². The molecule has 0 aliphatic carbocycles. The van der Waals surface area contributed by atoms with Crippen LogP contribution in [0.1, 0.15) is 5.56 Å². The molecule has 8 nitrogen and oxygen atoms in total. The highest BCUT2D eigenvalue weighted by atomic mass is 16.6. The first-order chi connectivity index (χ1) is 15.1. The summed E-state index contributed by atoms with van der Waals surface area (Å²) in [6, 6.07) is 24.4. The average Bonchev–Trinajstić information content (AvgIpc) is 2.80. The van der Waals surface area contributed by atoms with Gasteiger partial charge in [-0.05, 0) is 18.2 Å². The summed E-state index contributed by atoms with van der Waals surface area (Å²) in [5.74, 6) is 0.326. The van der Waals surface area contributed by atoms with Crippen molar-refractivity contribution >= 4 is 17.9 Å². The van der Waals surface area contributed by atoms with Crippen LogP contribution in [-0.2, 0) is 0 Å². The summed E-state index contributed by atoms with van der Waals surface area (Å²) in [4.78, 5) is 19.4. The van der Waals surface area contributed by atoms with E-state index in [1.54, 1.807) is 36.4 Å². The maximum atomic E-state index is 10.9. The van der Waals surface area contributed by atoms with E-state index < -0.39 is 4.92 Å². The van der Waals surface area contributed by atoms with Gasteiger partial charge in [-0.25, -0.2) is 15.4 Å². The lowest BCUT2D eigenvalue weighted by molar-refractivity contribution is -0.384. The van der Waals surface area contributed by atoms with Crippen LogP contribution in [-0.4, -0.2) is 26.2 Å². The standard InChI is InChI=1S/C23H17N5O3/c29-22-12-5-4-11-19(22)21-14-20(17-8-2-1-3-9-17)25-23(26-21)27-24-15-16-7-6-10-18(13-16)28(30)31/h1-15,29H,(H,25,26,27)/b24-15-. The predicted octanol–water partition coefficient (Wildman–Crippen LogP) is 4.87. The number of aromatic hydroxyl groups is 1. The first kappa shape index (κ1) is 19.7. The number of phenolic OH excluding ortho intramolecular Hbond substituents is 1. The van der Waals surface area contributed by atoms with Crippen molar-refractivity contribution in [3.63, 3.8) is 0 Å². The lowest BCUT2D eigenvalue weighted by atomic mass is 10.1. The summed E-state index contributed by atoms with van der Waals surface area (Å²) in [5.41, 5.74) is 5.94. The van der Waals surface area contributed by atoms with E-state index in [0.29, 0.717) is 22.5 Å². The molecule has 4 aromatic rings. The van der Waals surface area contributed by atoms with Gasteiger partial charge in [0.05, 0.1) is 22.5 Å². The minimum Gasteiger partial charge on any atom is -0.507 e. The number of hydrazone groups is 1. The van der Waals surface area contributed by atoms with Crippen molar-refractivity contribution in [3.05, 3.63) is 101 Å². The highest BCUT2D eigenvalue weighted by molar-refractivity contribution is 5.81. The fourth-order valence-corrected chi connectivity index (χ4v) is 2.97. The Morgan fingerprint density at radius 2 is 1.65 bits per heavy atom.